The van der Waals surface area contributed by atoms with E-state index >= 15 is 0 Å². The molecule has 0 aliphatic rings. The van der Waals surface area contributed by atoms with Crippen molar-refractivity contribution in [1.29, 1.82) is 0 Å². The zero-order chi connectivity index (χ0) is 17.1. The van der Waals surface area contributed by atoms with Gasteiger partial charge < -0.3 is 0 Å². The maximum absolute atomic E-state index is 12.6. The second kappa shape index (κ2) is 6.71. The van der Waals surface area contributed by atoms with Gasteiger partial charge in [-0.3, -0.25) is 14.9 Å². The van der Waals surface area contributed by atoms with Gasteiger partial charge in [-0.25, -0.2) is 4.98 Å². The minimum Gasteiger partial charge on any atom is -0.267 e. The third-order valence-corrected chi connectivity index (χ3v) is 3.79. The van der Waals surface area contributed by atoms with Gasteiger partial charge in [0.1, 0.15) is 0 Å². The van der Waals surface area contributed by atoms with E-state index in [1.165, 1.54) is 0 Å². The molecule has 0 saturated carbocycles. The fraction of sp³-hybridized carbons (Fsp3) is 0.0625. The molecule has 0 bridgehead atoms. The summed E-state index contributed by atoms with van der Waals surface area (Å²) in [5.41, 5.74) is 1.05. The number of hydrogen-bond donors (Lipinski definition) is 0. The third kappa shape index (κ3) is 3.38. The molecule has 0 radical (unpaired) electrons. The Kier molecular flexibility index (Phi) is 4.48. The molecule has 1 heterocycles. The smallest absolute Gasteiger partial charge is 0.267 e. The monoisotopic (exact) mass is 386 g/mol. The van der Waals surface area contributed by atoms with Gasteiger partial charge in [0.05, 0.1) is 0 Å². The van der Waals surface area contributed by atoms with E-state index in [1.54, 1.807) is 48.5 Å². The van der Waals surface area contributed by atoms with E-state index in [-0.39, 0.29) is 11.6 Å². The predicted octanol–water partition coefficient (Wildman–Crippen LogP) is 3.17. The molecule has 0 spiro atoms. The van der Waals surface area contributed by atoms with Crippen molar-refractivity contribution < 1.29 is 9.72 Å². The van der Waals surface area contributed by atoms with Crippen molar-refractivity contribution in [3.05, 3.63) is 80.6 Å². The number of rotatable bonds is 4. The minimum absolute atomic E-state index is 0.00762. The summed E-state index contributed by atoms with van der Waals surface area (Å²) in [6.45, 7) is -0.581. The Hall–Kier alpha value is -2.87. The highest BCUT2D eigenvalue weighted by Crippen LogP contribution is 2.17. The van der Waals surface area contributed by atoms with Gasteiger partial charge in [-0.2, -0.15) is 4.68 Å². The number of aromatic nitrogens is 3. The van der Waals surface area contributed by atoms with Gasteiger partial charge in [-0.05, 0) is 24.3 Å². The van der Waals surface area contributed by atoms with E-state index in [1.807, 2.05) is 6.07 Å². The van der Waals surface area contributed by atoms with Crippen LogP contribution in [0.1, 0.15) is 16.2 Å². The molecular weight excluding hydrogens is 376 g/mol. The highest BCUT2D eigenvalue weighted by Gasteiger charge is 2.21. The number of nitro groups is 1. The number of halogens is 1. The van der Waals surface area contributed by atoms with E-state index in [0.717, 1.165) is 9.15 Å². The summed E-state index contributed by atoms with van der Waals surface area (Å²) in [6.07, 6.45) is 0. The topological polar surface area (TPSA) is 90.9 Å². The molecule has 7 nitrogen and oxygen atoms in total. The van der Waals surface area contributed by atoms with Gasteiger partial charge in [0, 0.05) is 20.5 Å². The van der Waals surface area contributed by atoms with Crippen molar-refractivity contribution >= 4 is 21.8 Å². The molecule has 0 N–H and O–H groups in total. The molecule has 0 aliphatic heterocycles. The van der Waals surface area contributed by atoms with Crippen molar-refractivity contribution in [2.75, 3.05) is 0 Å². The van der Waals surface area contributed by atoms with Crippen LogP contribution in [0.5, 0.6) is 0 Å². The summed E-state index contributed by atoms with van der Waals surface area (Å²) >= 11 is 3.30. The fourth-order valence-electron chi connectivity index (χ4n) is 2.15. The molecule has 0 unspecified atom stereocenters. The van der Waals surface area contributed by atoms with Gasteiger partial charge >= 0.3 is 0 Å². The van der Waals surface area contributed by atoms with Crippen molar-refractivity contribution in [1.82, 2.24) is 14.8 Å². The summed E-state index contributed by atoms with van der Waals surface area (Å²) in [7, 11) is 0. The lowest BCUT2D eigenvalue weighted by Gasteiger charge is -2.02. The summed E-state index contributed by atoms with van der Waals surface area (Å²) in [5.74, 6) is -0.196. The fourth-order valence-corrected chi connectivity index (χ4v) is 2.41. The van der Waals surface area contributed by atoms with Crippen LogP contribution in [0.25, 0.3) is 11.4 Å². The van der Waals surface area contributed by atoms with Crippen molar-refractivity contribution in [2.45, 2.75) is 6.54 Å². The van der Waals surface area contributed by atoms with Crippen LogP contribution in [0.2, 0.25) is 0 Å². The number of carbonyl (C=O) groups excluding carboxylic acids is 1. The lowest BCUT2D eigenvalue weighted by atomic mass is 10.2. The van der Waals surface area contributed by atoms with E-state index < -0.39 is 17.4 Å². The van der Waals surface area contributed by atoms with Crippen LogP contribution in [0.15, 0.2) is 59.1 Å². The van der Waals surface area contributed by atoms with Crippen LogP contribution in [0, 0.1) is 10.1 Å². The molecule has 2 aromatic carbocycles. The average Bonchev–Trinajstić information content (AvgIpc) is 2.99. The summed E-state index contributed by atoms with van der Waals surface area (Å²) < 4.78 is 1.82. The molecule has 0 saturated heterocycles. The first-order valence-corrected chi connectivity index (χ1v) is 7.77. The average molecular weight is 387 g/mol. The Balaban J connectivity index is 2.04. The van der Waals surface area contributed by atoms with E-state index in [0.29, 0.717) is 11.1 Å². The highest BCUT2D eigenvalue weighted by molar-refractivity contribution is 9.10. The minimum atomic E-state index is -0.581. The summed E-state index contributed by atoms with van der Waals surface area (Å²) in [6, 6.07) is 15.7. The number of benzene rings is 2. The molecular formula is C16H11BrN4O3. The Bertz CT molecular complexity index is 891. The Morgan fingerprint density at radius 1 is 1.12 bits per heavy atom. The molecule has 120 valence electrons. The lowest BCUT2D eigenvalue weighted by Crippen LogP contribution is -2.18. The van der Waals surface area contributed by atoms with Crippen LogP contribution in [-0.4, -0.2) is 25.6 Å². The van der Waals surface area contributed by atoms with Gasteiger partial charge in [0.25, 0.3) is 12.5 Å². The van der Waals surface area contributed by atoms with Crippen molar-refractivity contribution in [2.24, 2.45) is 0 Å². The zero-order valence-corrected chi connectivity index (χ0v) is 13.9. The van der Waals surface area contributed by atoms with Gasteiger partial charge in [-0.1, -0.05) is 46.3 Å². The second-order valence-corrected chi connectivity index (χ2v) is 5.85. The molecule has 3 aromatic rings. The summed E-state index contributed by atoms with van der Waals surface area (Å²) in [4.78, 5) is 27.1. The van der Waals surface area contributed by atoms with E-state index in [9.17, 15) is 14.9 Å². The summed E-state index contributed by atoms with van der Waals surface area (Å²) in [5, 5.41) is 15.0. The maximum atomic E-state index is 12.6. The molecule has 0 aliphatic carbocycles. The predicted molar refractivity (Wildman–Crippen MR) is 90.0 cm³/mol. The van der Waals surface area contributed by atoms with Crippen LogP contribution < -0.4 is 0 Å². The standard InChI is InChI=1S/C16H11BrN4O3/c17-13-8-6-12(7-9-13)16(22)21-14(10-20(23)24)18-15(19-21)11-4-2-1-3-5-11/h1-9H,10H2. The van der Waals surface area contributed by atoms with Crippen molar-refractivity contribution in [3.8, 4) is 11.4 Å². The zero-order valence-electron chi connectivity index (χ0n) is 12.3. The van der Waals surface area contributed by atoms with Crippen LogP contribution in [-0.2, 0) is 6.54 Å². The lowest BCUT2D eigenvalue weighted by molar-refractivity contribution is -0.498. The largest absolute Gasteiger partial charge is 0.280 e. The molecule has 0 atom stereocenters. The van der Waals surface area contributed by atoms with E-state index in [4.69, 9.17) is 0 Å². The van der Waals surface area contributed by atoms with Crippen LogP contribution in [0.3, 0.4) is 0 Å². The Morgan fingerprint density at radius 2 is 1.79 bits per heavy atom. The molecule has 0 fully saturated rings. The van der Waals surface area contributed by atoms with Crippen LogP contribution >= 0.6 is 15.9 Å². The maximum Gasteiger partial charge on any atom is 0.280 e. The Labute approximate surface area is 145 Å². The van der Waals surface area contributed by atoms with E-state index in [2.05, 4.69) is 26.0 Å². The van der Waals surface area contributed by atoms with Crippen LogP contribution in [0.4, 0.5) is 0 Å². The Morgan fingerprint density at radius 3 is 2.42 bits per heavy atom. The number of hydrogen-bond acceptors (Lipinski definition) is 5. The first kappa shape index (κ1) is 16.0. The first-order chi connectivity index (χ1) is 11.5. The molecule has 24 heavy (non-hydrogen) atoms. The van der Waals surface area contributed by atoms with Gasteiger partial charge in [0.15, 0.2) is 5.82 Å². The molecule has 3 rings (SSSR count). The molecule has 8 heteroatoms. The van der Waals surface area contributed by atoms with Crippen molar-refractivity contribution in [3.63, 3.8) is 0 Å². The first-order valence-electron chi connectivity index (χ1n) is 6.98. The van der Waals surface area contributed by atoms with Gasteiger partial charge in [-0.15, -0.1) is 5.10 Å². The number of carbonyl (C=O) groups is 1. The van der Waals surface area contributed by atoms with Gasteiger partial charge in [0.2, 0.25) is 5.82 Å². The third-order valence-electron chi connectivity index (χ3n) is 3.26. The SMILES string of the molecule is O=C(c1ccc(Br)cc1)n1nc(-c2ccccc2)nc1C[N+](=O)[O-]. The normalized spacial score (nSPS) is 10.5. The highest BCUT2D eigenvalue weighted by atomic mass is 79.9. The molecule has 0 amide bonds. The second-order valence-electron chi connectivity index (χ2n) is 4.93. The quantitative estimate of drug-likeness (QED) is 0.507. The number of nitrogens with zero attached hydrogens (tertiary/aromatic N) is 4. The molecule has 1 aromatic heterocycles.